The molecule has 0 radical (unpaired) electrons. The van der Waals surface area contributed by atoms with E-state index in [2.05, 4.69) is 0 Å². The summed E-state index contributed by atoms with van der Waals surface area (Å²) in [7, 11) is 13.2. The molecule has 0 spiro atoms. The van der Waals surface area contributed by atoms with Crippen molar-refractivity contribution in [2.45, 2.75) is 0 Å². The van der Waals surface area contributed by atoms with Gasteiger partial charge >= 0.3 is 7.03 Å². The second-order valence-electron chi connectivity index (χ2n) is 0.495. The third-order valence-electron chi connectivity index (χ3n) is 0. The van der Waals surface area contributed by atoms with Crippen molar-refractivity contribution in [3.63, 3.8) is 0 Å². The summed E-state index contributed by atoms with van der Waals surface area (Å²) in [6.07, 6.45) is 0. The zero-order valence-corrected chi connectivity index (χ0v) is 7.67. The van der Waals surface area contributed by atoms with Gasteiger partial charge in [0.05, 0.1) is 0 Å². The minimum Gasteiger partial charge on any atom is -0.397 e. The Hall–Kier alpha value is 2.13. The highest BCUT2D eigenvalue weighted by Gasteiger charge is 2.13. The summed E-state index contributed by atoms with van der Waals surface area (Å²) in [5.74, 6) is 0. The van der Waals surface area contributed by atoms with Crippen LogP contribution >= 0.6 is 50.4 Å². The maximum atomic E-state index is 5.21. The van der Waals surface area contributed by atoms with E-state index in [4.69, 9.17) is 30.1 Å². The summed E-state index contributed by atoms with van der Waals surface area (Å²) >= 11 is 1.84. The molecule has 5 heavy (non-hydrogen) atoms. The standard InChI is InChI=1S/Al.3ClH.HI/h;4*1H/q+3;;;;/p-4. The van der Waals surface area contributed by atoms with Crippen LogP contribution in [-0.4, -0.2) is 7.03 Å². The van der Waals surface area contributed by atoms with E-state index in [1.54, 1.807) is 0 Å². The molecule has 0 unspecified atom stereocenters. The molecule has 0 fully saturated rings. The van der Waals surface area contributed by atoms with E-state index in [1.807, 2.05) is 20.3 Å². The van der Waals surface area contributed by atoms with Crippen molar-refractivity contribution in [2.24, 2.45) is 0 Å². The lowest BCUT2D eigenvalue weighted by Crippen LogP contribution is -1.90. The Kier molecular flexibility index (Phi) is 3.48. The van der Waals surface area contributed by atoms with Crippen LogP contribution in [0.2, 0.25) is 0 Å². The maximum absolute atomic E-state index is 5.21. The van der Waals surface area contributed by atoms with Crippen LogP contribution < -0.4 is 0 Å². The highest BCUT2D eigenvalue weighted by Crippen LogP contribution is 2.26. The third kappa shape index (κ3) is 23.0. The Labute approximate surface area is 56.7 Å². The quantitative estimate of drug-likeness (QED) is 0.464. The second-order valence-corrected chi connectivity index (χ2v) is 21.6. The maximum Gasteiger partial charge on any atom is 0.529 e. The molecule has 5 heteroatoms. The SMILES string of the molecule is [Cl][Al-]([Cl])([Cl])[I]. The van der Waals surface area contributed by atoms with Gasteiger partial charge in [-0.15, -0.1) is 0 Å². The minimum absolute atomic E-state index is 1.84. The smallest absolute Gasteiger partial charge is 0.397 e. The van der Waals surface area contributed by atoms with Gasteiger partial charge in [0.1, 0.15) is 0 Å². The molecule has 0 aromatic carbocycles. The molecule has 0 aromatic rings. The van der Waals surface area contributed by atoms with Gasteiger partial charge in [0, 0.05) is 0 Å². The third-order valence-corrected chi connectivity index (χ3v) is 0. The van der Waals surface area contributed by atoms with Gasteiger partial charge in [0.15, 0.2) is 0 Å². The molecule has 0 aliphatic carbocycles. The molecule has 0 aliphatic heterocycles. The molecule has 0 N–H and O–H groups in total. The van der Waals surface area contributed by atoms with Crippen LogP contribution in [0.3, 0.4) is 0 Å². The van der Waals surface area contributed by atoms with E-state index < -0.39 is 7.03 Å². The molecule has 0 saturated heterocycles. The molecular weight excluding hydrogens is 260 g/mol. The largest absolute Gasteiger partial charge is 0.529 e. The number of hydrogen-bond donors (Lipinski definition) is 0. The summed E-state index contributed by atoms with van der Waals surface area (Å²) in [6.45, 7) is 0. The van der Waals surface area contributed by atoms with E-state index in [0.29, 0.717) is 0 Å². The fourth-order valence-corrected chi connectivity index (χ4v) is 0. The summed E-state index contributed by atoms with van der Waals surface area (Å²) in [5, 5.41) is 0. The Bertz CT molecular complexity index is 22.4. The Morgan fingerprint density at radius 3 is 1.20 bits per heavy atom. The molecule has 0 rings (SSSR count). The van der Waals surface area contributed by atoms with Gasteiger partial charge < -0.3 is 50.4 Å². The van der Waals surface area contributed by atoms with E-state index in [1.165, 1.54) is 0 Å². The summed E-state index contributed by atoms with van der Waals surface area (Å²) in [6, 6.07) is 0. The van der Waals surface area contributed by atoms with Gasteiger partial charge in [-0.3, -0.25) is 0 Å². The van der Waals surface area contributed by atoms with Crippen LogP contribution in [0.5, 0.6) is 0 Å². The molecule has 0 heterocycles. The Balaban J connectivity index is 3.02. The lowest BCUT2D eigenvalue weighted by Gasteiger charge is -1.98. The van der Waals surface area contributed by atoms with Gasteiger partial charge in [-0.2, -0.15) is 0 Å². The van der Waals surface area contributed by atoms with Gasteiger partial charge in [0.25, 0.3) is 0 Å². The normalized spacial score (nSPS) is 12.0. The Morgan fingerprint density at radius 1 is 1.20 bits per heavy atom. The first-order valence-electron chi connectivity index (χ1n) is 0.873. The lowest BCUT2D eigenvalue weighted by atomic mass is 26.6. The molecule has 0 bridgehead atoms. The van der Waals surface area contributed by atoms with Crippen LogP contribution in [0.25, 0.3) is 0 Å². The summed E-state index contributed by atoms with van der Waals surface area (Å²) in [5.41, 5.74) is 0. The monoisotopic (exact) mass is 259 g/mol. The van der Waals surface area contributed by atoms with Crippen molar-refractivity contribution in [1.82, 2.24) is 0 Å². The molecule has 0 amide bonds. The summed E-state index contributed by atoms with van der Waals surface area (Å²) in [4.78, 5) is 0. The summed E-state index contributed by atoms with van der Waals surface area (Å²) < 4.78 is 0. The van der Waals surface area contributed by atoms with Crippen LogP contribution in [-0.2, 0) is 0 Å². The molecule has 0 nitrogen and oxygen atoms in total. The molecule has 0 aliphatic rings. The number of rotatable bonds is 0. The average Bonchev–Trinajstić information content (AvgIpc) is 0.722. The van der Waals surface area contributed by atoms with Crippen LogP contribution in [0, 0.1) is 0 Å². The van der Waals surface area contributed by atoms with Crippen LogP contribution in [0.1, 0.15) is 0 Å². The van der Waals surface area contributed by atoms with E-state index in [0.717, 1.165) is 0 Å². The second kappa shape index (κ2) is 2.44. The first-order valence-corrected chi connectivity index (χ1v) is 10.3. The van der Waals surface area contributed by atoms with Gasteiger partial charge in [-0.25, -0.2) is 0 Å². The number of halogens is 4. The van der Waals surface area contributed by atoms with E-state index in [-0.39, 0.29) is 0 Å². The van der Waals surface area contributed by atoms with Crippen molar-refractivity contribution < 1.29 is 0 Å². The van der Waals surface area contributed by atoms with Crippen LogP contribution in [0.4, 0.5) is 0 Å². The number of hydrogen-bond acceptors (Lipinski definition) is 0. The minimum atomic E-state index is -2.45. The molecule has 0 saturated carbocycles. The zero-order valence-electron chi connectivity index (χ0n) is 2.09. The van der Waals surface area contributed by atoms with Crippen molar-refractivity contribution in [2.75, 3.05) is 0 Å². The highest BCUT2D eigenvalue weighted by molar-refractivity contribution is 14.1. The lowest BCUT2D eigenvalue weighted by molar-refractivity contribution is 4.02. The predicted octanol–water partition coefficient (Wildman–Crippen LogP) is 2.57. The molecule has 0 aromatic heterocycles. The van der Waals surface area contributed by atoms with Crippen LogP contribution in [0.15, 0.2) is 0 Å². The average molecular weight is 260 g/mol. The van der Waals surface area contributed by atoms with Crippen molar-refractivity contribution in [1.29, 1.82) is 0 Å². The Morgan fingerprint density at radius 2 is 1.20 bits per heavy atom. The van der Waals surface area contributed by atoms with Gasteiger partial charge in [-0.1, -0.05) is 0 Å². The first kappa shape index (κ1) is 7.13. The molecule has 32 valence electrons. The van der Waals surface area contributed by atoms with Gasteiger partial charge in [-0.05, 0) is 0 Å². The zero-order chi connectivity index (χ0) is 4.50. The molecular formula is AlCl3I-. The predicted molar refractivity (Wildman–Crippen MR) is 37.3 cm³/mol. The fourth-order valence-electron chi connectivity index (χ4n) is 0. The highest BCUT2D eigenvalue weighted by atomic mass is 127. The first-order chi connectivity index (χ1) is 2.00. The molecule has 0 atom stereocenters. The fraction of sp³-hybridized carbons (Fsp3) is 0. The van der Waals surface area contributed by atoms with Crippen molar-refractivity contribution in [3.8, 4) is 0 Å². The topological polar surface area (TPSA) is 0 Å². The van der Waals surface area contributed by atoms with E-state index in [9.17, 15) is 0 Å². The van der Waals surface area contributed by atoms with E-state index >= 15 is 0 Å². The van der Waals surface area contributed by atoms with Gasteiger partial charge in [0.2, 0.25) is 0 Å². The van der Waals surface area contributed by atoms with Crippen molar-refractivity contribution in [3.05, 3.63) is 0 Å². The van der Waals surface area contributed by atoms with Crippen molar-refractivity contribution >= 4 is 57.5 Å².